The third kappa shape index (κ3) is 3.04. The average molecular weight is 341 g/mol. The molecule has 0 amide bonds. The van der Waals surface area contributed by atoms with Crippen molar-refractivity contribution in [2.24, 2.45) is 0 Å². The number of nitrogens with zero attached hydrogens (tertiary/aromatic N) is 4. The summed E-state index contributed by atoms with van der Waals surface area (Å²) >= 11 is 5.99. The Hall–Kier alpha value is -1.91. The van der Waals surface area contributed by atoms with Crippen LogP contribution in [-0.4, -0.2) is 32.6 Å². The maximum absolute atomic E-state index is 5.99. The predicted molar refractivity (Wildman–Crippen MR) is 96.4 cm³/mol. The van der Waals surface area contributed by atoms with Gasteiger partial charge in [-0.15, -0.1) is 0 Å². The Morgan fingerprint density at radius 2 is 2.08 bits per heavy atom. The van der Waals surface area contributed by atoms with Gasteiger partial charge < -0.3 is 0 Å². The highest BCUT2D eigenvalue weighted by atomic mass is 35.5. The van der Waals surface area contributed by atoms with Gasteiger partial charge >= 0.3 is 0 Å². The molecule has 1 aromatic carbocycles. The summed E-state index contributed by atoms with van der Waals surface area (Å²) < 4.78 is 1.91. The maximum Gasteiger partial charge on any atom is 0.158 e. The molecule has 4 nitrogen and oxygen atoms in total. The Kier molecular flexibility index (Phi) is 4.25. The van der Waals surface area contributed by atoms with E-state index in [1.165, 1.54) is 24.0 Å². The van der Waals surface area contributed by atoms with E-state index in [1.807, 2.05) is 35.1 Å². The third-order valence-corrected chi connectivity index (χ3v) is 5.10. The van der Waals surface area contributed by atoms with Crippen molar-refractivity contribution < 1.29 is 0 Å². The van der Waals surface area contributed by atoms with Crippen LogP contribution in [0, 0.1) is 6.92 Å². The number of aromatic nitrogens is 3. The van der Waals surface area contributed by atoms with E-state index in [0.29, 0.717) is 5.92 Å². The molecule has 0 bridgehead atoms. The number of aryl methyl sites for hydroxylation is 1. The Bertz CT molecular complexity index is 840. The number of piperidine rings is 1. The lowest BCUT2D eigenvalue weighted by atomic mass is 9.90. The molecule has 1 fully saturated rings. The minimum atomic E-state index is 0.499. The molecular weight excluding hydrogens is 320 g/mol. The van der Waals surface area contributed by atoms with Crippen molar-refractivity contribution in [1.29, 1.82) is 0 Å². The van der Waals surface area contributed by atoms with Gasteiger partial charge in [0.05, 0.1) is 5.69 Å². The fourth-order valence-electron chi connectivity index (χ4n) is 3.78. The number of hydrogen-bond donors (Lipinski definition) is 0. The fraction of sp³-hybridized carbons (Fsp3) is 0.368. The van der Waals surface area contributed by atoms with Gasteiger partial charge in [0, 0.05) is 42.0 Å². The van der Waals surface area contributed by atoms with Crippen molar-refractivity contribution in [3.63, 3.8) is 0 Å². The molecule has 2 aromatic heterocycles. The number of hydrogen-bond acceptors (Lipinski definition) is 3. The molecule has 1 aliphatic heterocycles. The van der Waals surface area contributed by atoms with E-state index in [2.05, 4.69) is 34.0 Å². The standard InChI is InChI=1S/C19H21ClN4/c1-14-18(19-21-9-3-11-24(19)22-14)16-4-2-10-23(13-16)12-15-5-7-17(20)8-6-15/h3,5-9,11,16H,2,4,10,12-13H2,1H3. The van der Waals surface area contributed by atoms with Gasteiger partial charge in [-0.1, -0.05) is 23.7 Å². The first-order chi connectivity index (χ1) is 11.7. The van der Waals surface area contributed by atoms with Crippen LogP contribution in [0.4, 0.5) is 0 Å². The van der Waals surface area contributed by atoms with Crippen molar-refractivity contribution in [2.75, 3.05) is 13.1 Å². The predicted octanol–water partition coefficient (Wildman–Crippen LogP) is 4.07. The highest BCUT2D eigenvalue weighted by Crippen LogP contribution is 2.32. The van der Waals surface area contributed by atoms with Gasteiger partial charge in [0.2, 0.25) is 0 Å². The Morgan fingerprint density at radius 3 is 2.92 bits per heavy atom. The zero-order valence-corrected chi connectivity index (χ0v) is 14.6. The molecular formula is C19H21ClN4. The first kappa shape index (κ1) is 15.6. The second-order valence-corrected chi connectivity index (χ2v) is 7.02. The molecule has 124 valence electrons. The van der Waals surface area contributed by atoms with Gasteiger partial charge in [0.1, 0.15) is 0 Å². The lowest BCUT2D eigenvalue weighted by Gasteiger charge is -2.32. The van der Waals surface area contributed by atoms with E-state index < -0.39 is 0 Å². The number of fused-ring (bicyclic) bond motifs is 1. The summed E-state index contributed by atoms with van der Waals surface area (Å²) in [5.74, 6) is 0.499. The van der Waals surface area contributed by atoms with Gasteiger partial charge in [0.15, 0.2) is 5.65 Å². The molecule has 3 heterocycles. The van der Waals surface area contributed by atoms with Crippen molar-refractivity contribution >= 4 is 17.2 Å². The molecule has 0 spiro atoms. The van der Waals surface area contributed by atoms with Gasteiger partial charge in [-0.05, 0) is 50.1 Å². The number of benzene rings is 1. The molecule has 1 unspecified atom stereocenters. The lowest BCUT2D eigenvalue weighted by molar-refractivity contribution is 0.200. The molecule has 0 aliphatic carbocycles. The van der Waals surface area contributed by atoms with Crippen molar-refractivity contribution in [3.8, 4) is 0 Å². The summed E-state index contributed by atoms with van der Waals surface area (Å²) in [6.07, 6.45) is 6.25. The number of likely N-dealkylation sites (tertiary alicyclic amines) is 1. The summed E-state index contributed by atoms with van der Waals surface area (Å²) in [6.45, 7) is 5.27. The van der Waals surface area contributed by atoms with Gasteiger partial charge in [-0.2, -0.15) is 5.10 Å². The quantitative estimate of drug-likeness (QED) is 0.720. The van der Waals surface area contributed by atoms with Crippen LogP contribution >= 0.6 is 11.6 Å². The Labute approximate surface area is 147 Å². The van der Waals surface area contributed by atoms with Crippen LogP contribution in [0.15, 0.2) is 42.7 Å². The zero-order chi connectivity index (χ0) is 16.5. The van der Waals surface area contributed by atoms with Crippen LogP contribution in [0.2, 0.25) is 5.02 Å². The van der Waals surface area contributed by atoms with Crippen LogP contribution in [0.1, 0.15) is 35.6 Å². The van der Waals surface area contributed by atoms with Crippen LogP contribution in [0.25, 0.3) is 5.65 Å². The van der Waals surface area contributed by atoms with E-state index in [4.69, 9.17) is 11.6 Å². The van der Waals surface area contributed by atoms with Gasteiger partial charge in [-0.25, -0.2) is 9.50 Å². The number of rotatable bonds is 3. The first-order valence-electron chi connectivity index (χ1n) is 8.47. The fourth-order valence-corrected chi connectivity index (χ4v) is 3.90. The molecule has 24 heavy (non-hydrogen) atoms. The lowest BCUT2D eigenvalue weighted by Crippen LogP contribution is -2.34. The van der Waals surface area contributed by atoms with E-state index in [9.17, 15) is 0 Å². The second kappa shape index (κ2) is 6.54. The highest BCUT2D eigenvalue weighted by molar-refractivity contribution is 6.30. The molecule has 1 atom stereocenters. The van der Waals surface area contributed by atoms with Crippen LogP contribution in [0.5, 0.6) is 0 Å². The van der Waals surface area contributed by atoms with E-state index >= 15 is 0 Å². The highest BCUT2D eigenvalue weighted by Gasteiger charge is 2.26. The Morgan fingerprint density at radius 1 is 1.25 bits per heavy atom. The van der Waals surface area contributed by atoms with Gasteiger partial charge in [0.25, 0.3) is 0 Å². The van der Waals surface area contributed by atoms with Crippen LogP contribution in [-0.2, 0) is 6.54 Å². The van der Waals surface area contributed by atoms with E-state index in [1.54, 1.807) is 0 Å². The summed E-state index contributed by atoms with van der Waals surface area (Å²) in [5.41, 5.74) is 4.74. The maximum atomic E-state index is 5.99. The monoisotopic (exact) mass is 340 g/mol. The molecule has 0 N–H and O–H groups in total. The topological polar surface area (TPSA) is 33.4 Å². The summed E-state index contributed by atoms with van der Waals surface area (Å²) in [4.78, 5) is 7.09. The Balaban J connectivity index is 1.56. The second-order valence-electron chi connectivity index (χ2n) is 6.59. The summed E-state index contributed by atoms with van der Waals surface area (Å²) in [6, 6.07) is 10.1. The molecule has 1 saturated heterocycles. The van der Waals surface area contributed by atoms with Crippen LogP contribution in [0.3, 0.4) is 0 Å². The summed E-state index contributed by atoms with van der Waals surface area (Å²) in [5, 5.41) is 5.42. The van der Waals surface area contributed by atoms with E-state index in [-0.39, 0.29) is 0 Å². The van der Waals surface area contributed by atoms with Crippen LogP contribution < -0.4 is 0 Å². The molecule has 1 aliphatic rings. The van der Waals surface area contributed by atoms with Crippen molar-refractivity contribution in [3.05, 3.63) is 64.6 Å². The minimum absolute atomic E-state index is 0.499. The van der Waals surface area contributed by atoms with Crippen molar-refractivity contribution in [1.82, 2.24) is 19.5 Å². The minimum Gasteiger partial charge on any atom is -0.298 e. The molecule has 5 heteroatoms. The summed E-state index contributed by atoms with van der Waals surface area (Å²) in [7, 11) is 0. The molecule has 0 radical (unpaired) electrons. The first-order valence-corrected chi connectivity index (χ1v) is 8.85. The third-order valence-electron chi connectivity index (χ3n) is 4.85. The molecule has 4 rings (SSSR count). The smallest absolute Gasteiger partial charge is 0.158 e. The number of halogens is 1. The SMILES string of the molecule is Cc1nn2cccnc2c1C1CCCN(Cc2ccc(Cl)cc2)C1. The van der Waals surface area contributed by atoms with E-state index in [0.717, 1.165) is 36.0 Å². The molecule has 0 saturated carbocycles. The average Bonchev–Trinajstić information content (AvgIpc) is 2.93. The largest absolute Gasteiger partial charge is 0.298 e. The molecule has 3 aromatic rings. The zero-order valence-electron chi connectivity index (χ0n) is 13.8. The van der Waals surface area contributed by atoms with Gasteiger partial charge in [-0.3, -0.25) is 4.90 Å². The normalized spacial score (nSPS) is 19.0. The van der Waals surface area contributed by atoms with Crippen molar-refractivity contribution in [2.45, 2.75) is 32.2 Å².